The van der Waals surface area contributed by atoms with Gasteiger partial charge in [0.1, 0.15) is 18.0 Å². The highest BCUT2D eigenvalue weighted by molar-refractivity contribution is 6.30. The predicted molar refractivity (Wildman–Crippen MR) is 173 cm³/mol. The first-order chi connectivity index (χ1) is 20.1. The Morgan fingerprint density at radius 1 is 0.548 bits per heavy atom. The fourth-order valence-corrected chi connectivity index (χ4v) is 4.72. The van der Waals surface area contributed by atoms with E-state index in [1.54, 1.807) is 12.1 Å². The van der Waals surface area contributed by atoms with Crippen LogP contribution in [0.5, 0.6) is 11.5 Å². The van der Waals surface area contributed by atoms with Crippen LogP contribution in [-0.4, -0.2) is 11.7 Å². The molecule has 0 saturated heterocycles. The number of aromatic hydroxyl groups is 1. The maximum atomic E-state index is 9.39. The van der Waals surface area contributed by atoms with Crippen LogP contribution in [0.15, 0.2) is 97.3 Å². The zero-order valence-corrected chi connectivity index (χ0v) is 26.5. The van der Waals surface area contributed by atoms with Crippen molar-refractivity contribution in [1.82, 2.24) is 0 Å². The van der Waals surface area contributed by atoms with E-state index in [0.29, 0.717) is 5.75 Å². The highest BCUT2D eigenvalue weighted by Gasteiger charge is 2.01. The zero-order chi connectivity index (χ0) is 28.5. The Morgan fingerprint density at radius 3 is 1.52 bits per heavy atom. The van der Waals surface area contributed by atoms with Crippen LogP contribution in [0.25, 0.3) is 24.3 Å². The number of phenols is 1. The topological polar surface area (TPSA) is 33.3 Å². The Morgan fingerprint density at radius 2 is 0.976 bits per heavy atom. The number of rotatable bonds is 16. The molecule has 0 unspecified atom stereocenters. The number of aromatic nitrogens is 1. The lowest BCUT2D eigenvalue weighted by Crippen LogP contribution is -3.00. The molecule has 1 N–H and O–H groups in total. The molecule has 0 saturated carbocycles. The third-order valence-electron chi connectivity index (χ3n) is 7.08. The first-order valence-corrected chi connectivity index (χ1v) is 15.1. The molecule has 0 atom stereocenters. The smallest absolute Gasteiger partial charge is 0.169 e. The van der Waals surface area contributed by atoms with E-state index >= 15 is 0 Å². The van der Waals surface area contributed by atoms with Gasteiger partial charge in [-0.15, -0.1) is 0 Å². The van der Waals surface area contributed by atoms with Gasteiger partial charge in [-0.3, -0.25) is 0 Å². The molecular formula is C37H41BrClNO2. The molecule has 5 heteroatoms. The third kappa shape index (κ3) is 12.7. The second-order valence-corrected chi connectivity index (χ2v) is 10.9. The number of aryl methyl sites for hydroxylation is 1. The molecule has 42 heavy (non-hydrogen) atoms. The molecule has 0 amide bonds. The summed E-state index contributed by atoms with van der Waals surface area (Å²) in [5.74, 6) is 1.23. The number of benzene rings is 3. The molecule has 4 rings (SSSR count). The van der Waals surface area contributed by atoms with Gasteiger partial charge in [0.05, 0.1) is 6.61 Å². The molecule has 0 aliphatic heterocycles. The van der Waals surface area contributed by atoms with Crippen molar-refractivity contribution in [2.45, 2.75) is 57.9 Å². The van der Waals surface area contributed by atoms with Gasteiger partial charge in [-0.05, 0) is 71.5 Å². The quantitative estimate of drug-likeness (QED) is 0.0819. The lowest BCUT2D eigenvalue weighted by molar-refractivity contribution is -0.697. The van der Waals surface area contributed by atoms with E-state index in [4.69, 9.17) is 16.3 Å². The zero-order valence-electron chi connectivity index (χ0n) is 24.2. The van der Waals surface area contributed by atoms with Crippen molar-refractivity contribution in [1.29, 1.82) is 0 Å². The summed E-state index contributed by atoms with van der Waals surface area (Å²) in [6.07, 6.45) is 22.7. The Balaban J connectivity index is 0.00000484. The van der Waals surface area contributed by atoms with Crippen LogP contribution in [0.1, 0.15) is 73.6 Å². The molecule has 4 aromatic rings. The van der Waals surface area contributed by atoms with Crippen molar-refractivity contribution < 1.29 is 31.4 Å². The van der Waals surface area contributed by atoms with Gasteiger partial charge >= 0.3 is 0 Å². The fraction of sp³-hybridized carbons (Fsp3) is 0.270. The summed E-state index contributed by atoms with van der Waals surface area (Å²) in [6, 6.07) is 27.6. The van der Waals surface area contributed by atoms with Crippen LogP contribution in [0.2, 0.25) is 5.02 Å². The minimum Gasteiger partial charge on any atom is -1.00 e. The highest BCUT2D eigenvalue weighted by atomic mass is 79.9. The Kier molecular flexibility index (Phi) is 15.0. The van der Waals surface area contributed by atoms with Crippen molar-refractivity contribution in [3.05, 3.63) is 125 Å². The van der Waals surface area contributed by atoms with Gasteiger partial charge in [0, 0.05) is 23.6 Å². The van der Waals surface area contributed by atoms with Crippen molar-refractivity contribution in [2.75, 3.05) is 6.61 Å². The van der Waals surface area contributed by atoms with Crippen molar-refractivity contribution in [3.8, 4) is 11.5 Å². The SMILES string of the molecule is Oc1ccc(/C=C/c2cc[n+](CCCCCCCCCCOc3ccc(/C=C/c4ccc(Cl)cc4)cc3)cc2)cc1.[Br-]. The highest BCUT2D eigenvalue weighted by Crippen LogP contribution is 2.17. The Hall–Kier alpha value is -3.34. The van der Waals surface area contributed by atoms with Gasteiger partial charge in [0.2, 0.25) is 0 Å². The Bertz CT molecular complexity index is 1240. The largest absolute Gasteiger partial charge is 1.00 e. The van der Waals surface area contributed by atoms with Gasteiger partial charge in [-0.2, -0.15) is 0 Å². The van der Waals surface area contributed by atoms with Crippen LogP contribution in [0.4, 0.5) is 0 Å². The molecule has 0 aliphatic carbocycles. The molecule has 1 heterocycles. The number of unbranched alkanes of at least 4 members (excludes halogenated alkanes) is 7. The lowest BCUT2D eigenvalue weighted by atomic mass is 10.1. The number of hydrogen-bond acceptors (Lipinski definition) is 2. The first-order valence-electron chi connectivity index (χ1n) is 14.8. The molecule has 0 bridgehead atoms. The summed E-state index contributed by atoms with van der Waals surface area (Å²) >= 11 is 5.94. The van der Waals surface area contributed by atoms with E-state index < -0.39 is 0 Å². The normalized spacial score (nSPS) is 11.2. The maximum Gasteiger partial charge on any atom is 0.169 e. The standard InChI is InChI=1S/C37H40ClNO2.BrH/c38-35-19-13-31(14-20-35)9-10-33-17-23-37(24-18-33)41-30-8-6-4-2-1-3-5-7-27-39-28-25-34(26-29-39)12-11-32-15-21-36(40)22-16-32;/h9-26,28-29H,1-8,27,30H2;1H/b10-9+;. The molecule has 3 nitrogen and oxygen atoms in total. The molecule has 220 valence electrons. The molecule has 0 radical (unpaired) electrons. The van der Waals surface area contributed by atoms with Crippen molar-refractivity contribution in [2.24, 2.45) is 0 Å². The molecule has 0 aliphatic rings. The fourth-order valence-electron chi connectivity index (χ4n) is 4.60. The van der Waals surface area contributed by atoms with Gasteiger partial charge in [-0.25, -0.2) is 4.57 Å². The van der Waals surface area contributed by atoms with Crippen LogP contribution < -0.4 is 26.3 Å². The molecule has 3 aromatic carbocycles. The molecule has 1 aromatic heterocycles. The van der Waals surface area contributed by atoms with E-state index in [1.165, 1.54) is 50.5 Å². The summed E-state index contributed by atoms with van der Waals surface area (Å²) < 4.78 is 8.20. The predicted octanol–water partition coefficient (Wildman–Crippen LogP) is 6.88. The second-order valence-electron chi connectivity index (χ2n) is 10.4. The summed E-state index contributed by atoms with van der Waals surface area (Å²) in [5, 5.41) is 10.1. The Labute approximate surface area is 266 Å². The van der Waals surface area contributed by atoms with Crippen LogP contribution in [-0.2, 0) is 6.54 Å². The second kappa shape index (κ2) is 19.0. The lowest BCUT2D eigenvalue weighted by Gasteiger charge is -2.06. The van der Waals surface area contributed by atoms with E-state index in [2.05, 4.69) is 65.5 Å². The number of pyridine rings is 1. The average molecular weight is 647 g/mol. The third-order valence-corrected chi connectivity index (χ3v) is 7.33. The van der Waals surface area contributed by atoms with Gasteiger partial charge in [0.15, 0.2) is 12.4 Å². The van der Waals surface area contributed by atoms with E-state index in [9.17, 15) is 5.11 Å². The van der Waals surface area contributed by atoms with E-state index in [0.717, 1.165) is 47.0 Å². The van der Waals surface area contributed by atoms with Crippen molar-refractivity contribution in [3.63, 3.8) is 0 Å². The maximum absolute atomic E-state index is 9.39. The minimum absolute atomic E-state index is 0. The number of phenolic OH excluding ortho intramolecular Hbond substituents is 1. The number of ether oxygens (including phenoxy) is 1. The molecule has 0 fully saturated rings. The summed E-state index contributed by atoms with van der Waals surface area (Å²) in [5.41, 5.74) is 4.54. The van der Waals surface area contributed by atoms with Gasteiger partial charge in [-0.1, -0.05) is 104 Å². The van der Waals surface area contributed by atoms with E-state index in [-0.39, 0.29) is 17.0 Å². The number of nitrogens with zero attached hydrogens (tertiary/aromatic N) is 1. The van der Waals surface area contributed by atoms with Gasteiger partial charge < -0.3 is 26.8 Å². The minimum atomic E-state index is 0. The van der Waals surface area contributed by atoms with Gasteiger partial charge in [0.25, 0.3) is 0 Å². The van der Waals surface area contributed by atoms with Crippen LogP contribution >= 0.6 is 11.6 Å². The van der Waals surface area contributed by atoms with E-state index in [1.807, 2.05) is 48.5 Å². The summed E-state index contributed by atoms with van der Waals surface area (Å²) in [7, 11) is 0. The number of hydrogen-bond donors (Lipinski definition) is 1. The van der Waals surface area contributed by atoms with Crippen molar-refractivity contribution >= 4 is 35.9 Å². The molecule has 0 spiro atoms. The number of halogens is 2. The first kappa shape index (κ1) is 33.2. The van der Waals surface area contributed by atoms with Crippen LogP contribution in [0.3, 0.4) is 0 Å². The van der Waals surface area contributed by atoms with Crippen LogP contribution in [0, 0.1) is 0 Å². The molecular weight excluding hydrogens is 606 g/mol. The summed E-state index contributed by atoms with van der Waals surface area (Å²) in [4.78, 5) is 0. The monoisotopic (exact) mass is 645 g/mol. The average Bonchev–Trinajstić information content (AvgIpc) is 3.00. The summed E-state index contributed by atoms with van der Waals surface area (Å²) in [6.45, 7) is 1.85.